The number of aryl methyl sites for hydroxylation is 1. The second-order valence-corrected chi connectivity index (χ2v) is 3.21. The summed E-state index contributed by atoms with van der Waals surface area (Å²) >= 11 is 0. The fourth-order valence-electron chi connectivity index (χ4n) is 1.48. The molecule has 88 valence electrons. The zero-order valence-electron chi connectivity index (χ0n) is 8.21. The topological polar surface area (TPSA) is 63.4 Å². The first-order valence-electron chi connectivity index (χ1n) is 4.23. The molecule has 1 aromatic rings. The van der Waals surface area contributed by atoms with Crippen LogP contribution >= 0.6 is 0 Å². The SMILES string of the molecule is Cc1cc([N+](=O)[O-])cc(CO)c1C(F)(F)F. The Morgan fingerprint density at radius 1 is 1.44 bits per heavy atom. The molecule has 0 bridgehead atoms. The summed E-state index contributed by atoms with van der Waals surface area (Å²) in [5.41, 5.74) is -2.24. The average molecular weight is 235 g/mol. The Bertz CT molecular complexity index is 429. The molecule has 0 saturated carbocycles. The van der Waals surface area contributed by atoms with Crippen LogP contribution in [0.25, 0.3) is 0 Å². The molecule has 1 rings (SSSR count). The van der Waals surface area contributed by atoms with Crippen molar-refractivity contribution in [3.63, 3.8) is 0 Å². The average Bonchev–Trinajstić information content (AvgIpc) is 2.14. The third-order valence-electron chi connectivity index (χ3n) is 2.07. The van der Waals surface area contributed by atoms with Gasteiger partial charge in [0.05, 0.1) is 17.1 Å². The van der Waals surface area contributed by atoms with E-state index in [2.05, 4.69) is 0 Å². The second kappa shape index (κ2) is 4.09. The lowest BCUT2D eigenvalue weighted by molar-refractivity contribution is -0.385. The summed E-state index contributed by atoms with van der Waals surface area (Å²) in [7, 11) is 0. The third-order valence-corrected chi connectivity index (χ3v) is 2.07. The first-order valence-corrected chi connectivity index (χ1v) is 4.23. The van der Waals surface area contributed by atoms with Crippen molar-refractivity contribution in [3.8, 4) is 0 Å². The number of rotatable bonds is 2. The number of halogens is 3. The molecule has 7 heteroatoms. The predicted octanol–water partition coefficient (Wildman–Crippen LogP) is 2.41. The lowest BCUT2D eigenvalue weighted by atomic mass is 10.0. The van der Waals surface area contributed by atoms with Crippen molar-refractivity contribution < 1.29 is 23.2 Å². The summed E-state index contributed by atoms with van der Waals surface area (Å²) in [6.45, 7) is 0.229. The van der Waals surface area contributed by atoms with Crippen LogP contribution in [-0.2, 0) is 12.8 Å². The van der Waals surface area contributed by atoms with Crippen molar-refractivity contribution in [1.82, 2.24) is 0 Å². The van der Waals surface area contributed by atoms with E-state index >= 15 is 0 Å². The van der Waals surface area contributed by atoms with E-state index in [4.69, 9.17) is 5.11 Å². The van der Waals surface area contributed by atoms with Gasteiger partial charge >= 0.3 is 6.18 Å². The fourth-order valence-corrected chi connectivity index (χ4v) is 1.48. The molecular formula is C9H8F3NO3. The molecule has 0 heterocycles. The van der Waals surface area contributed by atoms with Crippen molar-refractivity contribution in [2.75, 3.05) is 0 Å². The number of nitro groups is 1. The number of hydrogen-bond acceptors (Lipinski definition) is 3. The Hall–Kier alpha value is -1.63. The standard InChI is InChI=1S/C9H8F3NO3/c1-5-2-7(13(15)16)3-6(4-14)8(5)9(10,11)12/h2-3,14H,4H2,1H3. The number of nitrogens with zero attached hydrogens (tertiary/aromatic N) is 1. The molecule has 16 heavy (non-hydrogen) atoms. The van der Waals surface area contributed by atoms with Crippen LogP contribution in [0.1, 0.15) is 16.7 Å². The molecule has 1 N–H and O–H groups in total. The van der Waals surface area contributed by atoms with Crippen LogP contribution in [0.3, 0.4) is 0 Å². The maximum absolute atomic E-state index is 12.5. The fraction of sp³-hybridized carbons (Fsp3) is 0.333. The van der Waals surface area contributed by atoms with Crippen LogP contribution in [-0.4, -0.2) is 10.0 Å². The number of alkyl halides is 3. The van der Waals surface area contributed by atoms with E-state index in [1.54, 1.807) is 0 Å². The van der Waals surface area contributed by atoms with Gasteiger partial charge in [0.15, 0.2) is 0 Å². The molecular weight excluding hydrogens is 227 g/mol. The highest BCUT2D eigenvalue weighted by molar-refractivity contribution is 5.46. The van der Waals surface area contributed by atoms with Gasteiger partial charge in [0.1, 0.15) is 0 Å². The summed E-state index contributed by atoms with van der Waals surface area (Å²) in [6.07, 6.45) is -4.63. The molecule has 0 saturated heterocycles. The van der Waals surface area contributed by atoms with Crippen LogP contribution in [0.5, 0.6) is 0 Å². The zero-order chi connectivity index (χ0) is 12.5. The van der Waals surface area contributed by atoms with E-state index in [9.17, 15) is 23.3 Å². The summed E-state index contributed by atoms with van der Waals surface area (Å²) in [4.78, 5) is 9.63. The molecule has 0 amide bonds. The van der Waals surface area contributed by atoms with Crippen molar-refractivity contribution in [1.29, 1.82) is 0 Å². The molecule has 4 nitrogen and oxygen atoms in total. The van der Waals surface area contributed by atoms with Gasteiger partial charge in [0.25, 0.3) is 5.69 Å². The van der Waals surface area contributed by atoms with Crippen LogP contribution < -0.4 is 0 Å². The molecule has 0 aliphatic carbocycles. The van der Waals surface area contributed by atoms with E-state index in [0.717, 1.165) is 19.1 Å². The first kappa shape index (κ1) is 12.4. The summed E-state index contributed by atoms with van der Waals surface area (Å²) in [6, 6.07) is 1.57. The molecule has 0 atom stereocenters. The minimum Gasteiger partial charge on any atom is -0.392 e. The largest absolute Gasteiger partial charge is 0.417 e. The monoisotopic (exact) mass is 235 g/mol. The Morgan fingerprint density at radius 2 is 2.00 bits per heavy atom. The summed E-state index contributed by atoms with van der Waals surface area (Å²) in [5.74, 6) is 0. The van der Waals surface area contributed by atoms with Crippen LogP contribution in [0.2, 0.25) is 0 Å². The van der Waals surface area contributed by atoms with Gasteiger partial charge in [-0.3, -0.25) is 10.1 Å². The summed E-state index contributed by atoms with van der Waals surface area (Å²) < 4.78 is 37.6. The van der Waals surface area contributed by atoms with Gasteiger partial charge in [0, 0.05) is 12.1 Å². The minimum absolute atomic E-state index is 0.272. The summed E-state index contributed by atoms with van der Waals surface area (Å²) in [5, 5.41) is 19.2. The van der Waals surface area contributed by atoms with E-state index < -0.39 is 34.5 Å². The van der Waals surface area contributed by atoms with Crippen molar-refractivity contribution in [2.45, 2.75) is 19.7 Å². The van der Waals surface area contributed by atoms with E-state index in [0.29, 0.717) is 0 Å². The van der Waals surface area contributed by atoms with Gasteiger partial charge in [-0.15, -0.1) is 0 Å². The number of aliphatic hydroxyl groups is 1. The van der Waals surface area contributed by atoms with Crippen LogP contribution in [0, 0.1) is 17.0 Å². The molecule has 0 fully saturated rings. The highest BCUT2D eigenvalue weighted by Gasteiger charge is 2.36. The molecule has 0 aliphatic heterocycles. The maximum atomic E-state index is 12.5. The van der Waals surface area contributed by atoms with Crippen molar-refractivity contribution >= 4 is 5.69 Å². The third kappa shape index (κ3) is 2.30. The Labute approximate surface area is 88.5 Å². The van der Waals surface area contributed by atoms with Crippen molar-refractivity contribution in [3.05, 3.63) is 38.9 Å². The molecule has 0 aromatic heterocycles. The van der Waals surface area contributed by atoms with Gasteiger partial charge in [-0.1, -0.05) is 0 Å². The molecule has 0 spiro atoms. The van der Waals surface area contributed by atoms with Crippen LogP contribution in [0.4, 0.5) is 18.9 Å². The quantitative estimate of drug-likeness (QED) is 0.632. The van der Waals surface area contributed by atoms with Gasteiger partial charge < -0.3 is 5.11 Å². The Morgan fingerprint density at radius 3 is 2.38 bits per heavy atom. The number of non-ortho nitro benzene ring substituents is 1. The number of nitro benzene ring substituents is 1. The highest BCUT2D eigenvalue weighted by atomic mass is 19.4. The first-order chi connectivity index (χ1) is 7.27. The Balaban J connectivity index is 3.46. The second-order valence-electron chi connectivity index (χ2n) is 3.21. The molecule has 1 aromatic carbocycles. The normalized spacial score (nSPS) is 11.6. The smallest absolute Gasteiger partial charge is 0.392 e. The molecule has 0 unspecified atom stereocenters. The van der Waals surface area contributed by atoms with E-state index in [1.807, 2.05) is 0 Å². The highest BCUT2D eigenvalue weighted by Crippen LogP contribution is 2.36. The van der Waals surface area contributed by atoms with Gasteiger partial charge in [0.2, 0.25) is 0 Å². The van der Waals surface area contributed by atoms with E-state index in [1.165, 1.54) is 0 Å². The molecule has 0 radical (unpaired) electrons. The minimum atomic E-state index is -4.63. The lowest BCUT2D eigenvalue weighted by Gasteiger charge is -2.13. The zero-order valence-corrected chi connectivity index (χ0v) is 8.21. The lowest BCUT2D eigenvalue weighted by Crippen LogP contribution is -2.12. The van der Waals surface area contributed by atoms with Crippen molar-refractivity contribution in [2.24, 2.45) is 0 Å². The number of benzene rings is 1. The number of hydrogen-bond donors (Lipinski definition) is 1. The molecule has 0 aliphatic rings. The van der Waals surface area contributed by atoms with Crippen LogP contribution in [0.15, 0.2) is 12.1 Å². The van der Waals surface area contributed by atoms with E-state index in [-0.39, 0.29) is 5.56 Å². The van der Waals surface area contributed by atoms with Gasteiger partial charge in [-0.2, -0.15) is 13.2 Å². The van der Waals surface area contributed by atoms with Gasteiger partial charge in [-0.25, -0.2) is 0 Å². The van der Waals surface area contributed by atoms with Gasteiger partial charge in [-0.05, 0) is 18.1 Å². The predicted molar refractivity (Wildman–Crippen MR) is 48.8 cm³/mol. The maximum Gasteiger partial charge on any atom is 0.417 e. The Kier molecular flexibility index (Phi) is 3.18. The number of aliphatic hydroxyl groups excluding tert-OH is 1.